The molecule has 0 radical (unpaired) electrons. The Morgan fingerprint density at radius 3 is 2.33 bits per heavy atom. The molecule has 2 heterocycles. The molecule has 0 unspecified atom stereocenters. The second kappa shape index (κ2) is 17.1. The Kier molecular flexibility index (Phi) is 12.6. The normalized spacial score (nSPS) is 15.5. The fraction of sp³-hybridized carbons (Fsp3) is 0.471. The molecule has 42 heavy (non-hydrogen) atoms. The summed E-state index contributed by atoms with van der Waals surface area (Å²) in [7, 11) is 0. The Labute approximate surface area is 249 Å². The molecule has 3 aliphatic rings. The first kappa shape index (κ1) is 31.0. The van der Waals surface area contributed by atoms with Crippen LogP contribution in [0.4, 0.5) is 0 Å². The van der Waals surface area contributed by atoms with E-state index in [1.807, 2.05) is 36.4 Å². The maximum absolute atomic E-state index is 11.9. The standard InChI is InChI=1S/C18H25NO3.C16H18O4/c20-18(19-15-7-2-1-3-8-15)9-5-4-6-14-10-11-16-17(12-14)22-13-21-16;1-2-3-10-18-16(17)7-5-4-6-13-8-9-14-15(11-13)20-12-19-14/h10-12,15H,1-9,13H2,(H,19,20);4-9,11H,2-3,10,12H2,1H3/b;6-4+,7-5+. The molecule has 1 fully saturated rings. The summed E-state index contributed by atoms with van der Waals surface area (Å²) < 4.78 is 26.2. The Morgan fingerprint density at radius 2 is 1.57 bits per heavy atom. The molecule has 226 valence electrons. The van der Waals surface area contributed by atoms with E-state index in [0.29, 0.717) is 25.9 Å². The monoisotopic (exact) mass is 577 g/mol. The number of carbonyl (C=O) groups is 2. The van der Waals surface area contributed by atoms with Crippen LogP contribution in [0.25, 0.3) is 6.08 Å². The van der Waals surface area contributed by atoms with Crippen molar-refractivity contribution < 1.29 is 33.3 Å². The number of nitrogens with one attached hydrogen (secondary N) is 1. The Bertz CT molecular complexity index is 1220. The first-order chi connectivity index (χ1) is 20.6. The van der Waals surface area contributed by atoms with E-state index in [-0.39, 0.29) is 18.7 Å². The van der Waals surface area contributed by atoms with Crippen LogP contribution in [-0.4, -0.2) is 38.1 Å². The molecule has 2 aromatic carbocycles. The number of rotatable bonds is 12. The highest BCUT2D eigenvalue weighted by Crippen LogP contribution is 2.33. The SMILES string of the molecule is CCCCOC(=O)/C=C/C=C/c1ccc2c(c1)OCO2.O=C(CCCCc1ccc2c(c1)OCO2)NC1CCCCC1. The van der Waals surface area contributed by atoms with Crippen LogP contribution >= 0.6 is 0 Å². The second-order valence-corrected chi connectivity index (χ2v) is 10.6. The van der Waals surface area contributed by atoms with Crippen LogP contribution in [0.5, 0.6) is 23.0 Å². The van der Waals surface area contributed by atoms with E-state index in [4.69, 9.17) is 23.7 Å². The van der Waals surface area contributed by atoms with E-state index in [1.165, 1.54) is 30.9 Å². The number of fused-ring (bicyclic) bond motifs is 2. The third-order valence-electron chi connectivity index (χ3n) is 7.30. The van der Waals surface area contributed by atoms with Crippen molar-refractivity contribution in [3.63, 3.8) is 0 Å². The first-order valence-corrected chi connectivity index (χ1v) is 15.2. The van der Waals surface area contributed by atoms with Gasteiger partial charge in [-0.05, 0) is 73.9 Å². The van der Waals surface area contributed by atoms with Crippen LogP contribution in [0.1, 0.15) is 82.3 Å². The van der Waals surface area contributed by atoms with Crippen LogP contribution in [0, 0.1) is 0 Å². The van der Waals surface area contributed by atoms with Gasteiger partial charge < -0.3 is 29.0 Å². The van der Waals surface area contributed by atoms with E-state index >= 15 is 0 Å². The topological polar surface area (TPSA) is 92.3 Å². The number of unbranched alkanes of at least 4 members (excludes halogenated alkanes) is 2. The lowest BCUT2D eigenvalue weighted by Crippen LogP contribution is -2.35. The van der Waals surface area contributed by atoms with E-state index in [0.717, 1.165) is 73.5 Å². The molecule has 1 N–H and O–H groups in total. The summed E-state index contributed by atoms with van der Waals surface area (Å²) in [5.74, 6) is 3.09. The fourth-order valence-corrected chi connectivity index (χ4v) is 4.94. The zero-order valence-electron chi connectivity index (χ0n) is 24.6. The predicted molar refractivity (Wildman–Crippen MR) is 162 cm³/mol. The van der Waals surface area contributed by atoms with Gasteiger partial charge in [0.15, 0.2) is 23.0 Å². The Balaban J connectivity index is 0.000000194. The summed E-state index contributed by atoms with van der Waals surface area (Å²) in [5, 5.41) is 3.18. The molecule has 0 saturated heterocycles. The zero-order valence-corrected chi connectivity index (χ0v) is 24.6. The lowest BCUT2D eigenvalue weighted by Gasteiger charge is -2.22. The van der Waals surface area contributed by atoms with Crippen LogP contribution in [0.2, 0.25) is 0 Å². The average Bonchev–Trinajstić information content (AvgIpc) is 3.68. The van der Waals surface area contributed by atoms with Gasteiger partial charge in [0.2, 0.25) is 19.5 Å². The molecule has 8 heteroatoms. The highest BCUT2D eigenvalue weighted by Gasteiger charge is 2.16. The van der Waals surface area contributed by atoms with E-state index < -0.39 is 0 Å². The first-order valence-electron chi connectivity index (χ1n) is 15.2. The van der Waals surface area contributed by atoms with Gasteiger partial charge in [-0.25, -0.2) is 4.79 Å². The number of esters is 1. The maximum Gasteiger partial charge on any atom is 0.330 e. The number of hydrogen-bond donors (Lipinski definition) is 1. The molecule has 2 aromatic rings. The third kappa shape index (κ3) is 10.5. The minimum absolute atomic E-state index is 0.220. The third-order valence-corrected chi connectivity index (χ3v) is 7.30. The van der Waals surface area contributed by atoms with Crippen molar-refractivity contribution in [3.05, 3.63) is 65.8 Å². The fourth-order valence-electron chi connectivity index (χ4n) is 4.94. The van der Waals surface area contributed by atoms with Crippen LogP contribution in [0.3, 0.4) is 0 Å². The van der Waals surface area contributed by atoms with Crippen LogP contribution in [0.15, 0.2) is 54.6 Å². The van der Waals surface area contributed by atoms with Gasteiger partial charge in [0.25, 0.3) is 0 Å². The molecular formula is C34H43NO7. The number of allylic oxidation sites excluding steroid dienone is 2. The van der Waals surface area contributed by atoms with Gasteiger partial charge in [0, 0.05) is 18.5 Å². The lowest BCUT2D eigenvalue weighted by atomic mass is 9.95. The van der Waals surface area contributed by atoms with Crippen molar-refractivity contribution in [1.29, 1.82) is 0 Å². The summed E-state index contributed by atoms with van der Waals surface area (Å²) in [5.41, 5.74) is 2.23. The number of aryl methyl sites for hydroxylation is 1. The van der Waals surface area contributed by atoms with E-state index in [2.05, 4.69) is 18.3 Å². The van der Waals surface area contributed by atoms with E-state index in [9.17, 15) is 9.59 Å². The number of benzene rings is 2. The average molecular weight is 578 g/mol. The minimum atomic E-state index is -0.311. The van der Waals surface area contributed by atoms with Gasteiger partial charge in [-0.15, -0.1) is 0 Å². The summed E-state index contributed by atoms with van der Waals surface area (Å²) in [4.78, 5) is 23.2. The molecule has 5 rings (SSSR count). The molecule has 1 amide bonds. The molecule has 0 aromatic heterocycles. The number of ether oxygens (including phenoxy) is 5. The van der Waals surface area contributed by atoms with Crippen LogP contribution in [-0.2, 0) is 20.7 Å². The van der Waals surface area contributed by atoms with Crippen molar-refractivity contribution in [3.8, 4) is 23.0 Å². The minimum Gasteiger partial charge on any atom is -0.463 e. The van der Waals surface area contributed by atoms with Gasteiger partial charge in [0.1, 0.15) is 0 Å². The smallest absolute Gasteiger partial charge is 0.330 e. The van der Waals surface area contributed by atoms with Gasteiger partial charge in [-0.1, -0.05) is 63.0 Å². The summed E-state index contributed by atoms with van der Waals surface area (Å²) in [6, 6.07) is 12.2. The largest absolute Gasteiger partial charge is 0.463 e. The molecule has 0 bridgehead atoms. The predicted octanol–water partition coefficient (Wildman–Crippen LogP) is 6.91. The second-order valence-electron chi connectivity index (χ2n) is 10.6. The van der Waals surface area contributed by atoms with Gasteiger partial charge >= 0.3 is 5.97 Å². The Morgan fingerprint density at radius 1 is 0.857 bits per heavy atom. The van der Waals surface area contributed by atoms with Gasteiger partial charge in [0.05, 0.1) is 6.61 Å². The molecule has 1 saturated carbocycles. The molecule has 0 spiro atoms. The zero-order chi connectivity index (χ0) is 29.4. The molecule has 8 nitrogen and oxygen atoms in total. The van der Waals surface area contributed by atoms with Gasteiger partial charge in [-0.2, -0.15) is 0 Å². The highest BCUT2D eigenvalue weighted by atomic mass is 16.7. The quantitative estimate of drug-likeness (QED) is 0.127. The summed E-state index contributed by atoms with van der Waals surface area (Å²) in [6.07, 6.45) is 18.4. The Hall–Kier alpha value is -3.94. The summed E-state index contributed by atoms with van der Waals surface area (Å²) in [6.45, 7) is 3.12. The summed E-state index contributed by atoms with van der Waals surface area (Å²) >= 11 is 0. The molecular weight excluding hydrogens is 534 g/mol. The van der Waals surface area contributed by atoms with Crippen LogP contribution < -0.4 is 24.3 Å². The lowest BCUT2D eigenvalue weighted by molar-refractivity contribution is -0.137. The van der Waals surface area contributed by atoms with Crippen molar-refractivity contribution >= 4 is 18.0 Å². The highest BCUT2D eigenvalue weighted by molar-refractivity contribution is 5.82. The molecule has 2 aliphatic heterocycles. The van der Waals surface area contributed by atoms with Crippen molar-refractivity contribution in [2.75, 3.05) is 20.2 Å². The van der Waals surface area contributed by atoms with Crippen molar-refractivity contribution in [2.45, 2.75) is 83.6 Å². The van der Waals surface area contributed by atoms with Gasteiger partial charge in [-0.3, -0.25) is 4.79 Å². The van der Waals surface area contributed by atoms with Crippen molar-refractivity contribution in [1.82, 2.24) is 5.32 Å². The number of hydrogen-bond acceptors (Lipinski definition) is 7. The van der Waals surface area contributed by atoms with Crippen molar-refractivity contribution in [2.24, 2.45) is 0 Å². The molecule has 0 atom stereocenters. The van der Waals surface area contributed by atoms with E-state index in [1.54, 1.807) is 12.2 Å². The molecule has 1 aliphatic carbocycles. The number of carbonyl (C=O) groups excluding carboxylic acids is 2. The maximum atomic E-state index is 11.9. The number of amides is 1.